The molecule has 1 aliphatic heterocycles. The summed E-state index contributed by atoms with van der Waals surface area (Å²) in [5, 5.41) is 2.25. The van der Waals surface area contributed by atoms with Gasteiger partial charge in [0.15, 0.2) is 5.58 Å². The van der Waals surface area contributed by atoms with Crippen molar-refractivity contribution in [2.24, 2.45) is 5.41 Å². The van der Waals surface area contributed by atoms with Gasteiger partial charge in [0.05, 0.1) is 5.69 Å². The van der Waals surface area contributed by atoms with Gasteiger partial charge in [0.25, 0.3) is 0 Å². The number of anilines is 1. The summed E-state index contributed by atoms with van der Waals surface area (Å²) in [5.41, 5.74) is 3.09. The minimum Gasteiger partial charge on any atom is -0.454 e. The van der Waals surface area contributed by atoms with E-state index in [1.165, 1.54) is 6.42 Å². The van der Waals surface area contributed by atoms with Gasteiger partial charge in [-0.05, 0) is 64.0 Å². The Balaban J connectivity index is 1.79. The number of fused-ring (bicyclic) bond motifs is 3. The quantitative estimate of drug-likeness (QED) is 0.453. The monoisotopic (exact) mass is 363 g/mol. The fraction of sp³-hybridized carbons (Fsp3) is 0.520. The van der Waals surface area contributed by atoms with Crippen molar-refractivity contribution in [2.45, 2.75) is 77.8 Å². The summed E-state index contributed by atoms with van der Waals surface area (Å²) >= 11 is 0. The van der Waals surface area contributed by atoms with E-state index < -0.39 is 11.9 Å². The molecule has 2 heteroatoms. The summed E-state index contributed by atoms with van der Waals surface area (Å²) in [7, 11) is 0. The van der Waals surface area contributed by atoms with E-state index >= 15 is 0 Å². The van der Waals surface area contributed by atoms with Gasteiger partial charge >= 0.3 is 0 Å². The van der Waals surface area contributed by atoms with Crippen LogP contribution in [0.25, 0.3) is 21.9 Å². The molecule has 2 nitrogen and oxygen atoms in total. The molecule has 1 saturated carbocycles. The van der Waals surface area contributed by atoms with Gasteiger partial charge in [-0.25, -0.2) is 0 Å². The molecule has 2 fully saturated rings. The molecule has 1 atom stereocenters. The summed E-state index contributed by atoms with van der Waals surface area (Å²) in [6, 6.07) is 12.6. The normalized spacial score (nSPS) is 27.3. The number of para-hydroxylation sites is 1. The van der Waals surface area contributed by atoms with Crippen molar-refractivity contribution in [3.63, 3.8) is 0 Å². The minimum absolute atomic E-state index is 0.116. The second kappa shape index (κ2) is 5.77. The van der Waals surface area contributed by atoms with Gasteiger partial charge in [0.2, 0.25) is 0 Å². The van der Waals surface area contributed by atoms with Crippen LogP contribution < -0.4 is 4.90 Å². The molecule has 3 aromatic rings. The summed E-state index contributed by atoms with van der Waals surface area (Å²) in [4.78, 5) is 2.37. The molecule has 1 aliphatic carbocycles. The van der Waals surface area contributed by atoms with Crippen molar-refractivity contribution >= 4 is 27.6 Å². The average molecular weight is 364 g/mol. The molecule has 0 amide bonds. The van der Waals surface area contributed by atoms with E-state index in [1.807, 2.05) is 12.1 Å². The fourth-order valence-corrected chi connectivity index (χ4v) is 5.88. The predicted octanol–water partition coefficient (Wildman–Crippen LogP) is 7.22. The van der Waals surface area contributed by atoms with Crippen molar-refractivity contribution < 1.29 is 7.16 Å². The smallest absolute Gasteiger partial charge is 0.158 e. The first-order valence-corrected chi connectivity index (χ1v) is 10.4. The Morgan fingerprint density at radius 2 is 1.78 bits per heavy atom. The number of hydrogen-bond donors (Lipinski definition) is 0. The lowest BCUT2D eigenvalue weighted by Gasteiger charge is -2.41. The highest BCUT2D eigenvalue weighted by molar-refractivity contribution is 6.09. The van der Waals surface area contributed by atoms with E-state index in [4.69, 9.17) is 4.42 Å². The maximum atomic E-state index is 9.32. The lowest BCUT2D eigenvalue weighted by atomic mass is 9.68. The van der Waals surface area contributed by atoms with Crippen LogP contribution in [0.4, 0.5) is 5.69 Å². The van der Waals surface area contributed by atoms with E-state index in [9.17, 15) is 2.74 Å². The molecule has 27 heavy (non-hydrogen) atoms. The van der Waals surface area contributed by atoms with Crippen molar-refractivity contribution in [1.29, 1.82) is 0 Å². The third-order valence-corrected chi connectivity index (χ3v) is 7.05. The van der Waals surface area contributed by atoms with Crippen LogP contribution in [-0.2, 0) is 0 Å². The molecule has 142 valence electrons. The molecular formula is C25H31NO. The Bertz CT molecular complexity index is 1090. The van der Waals surface area contributed by atoms with Crippen molar-refractivity contribution in [3.05, 3.63) is 42.0 Å². The zero-order valence-corrected chi connectivity index (χ0v) is 16.9. The van der Waals surface area contributed by atoms with Crippen molar-refractivity contribution in [3.8, 4) is 0 Å². The summed E-state index contributed by atoms with van der Waals surface area (Å²) in [6.45, 7) is 8.56. The third-order valence-electron chi connectivity index (χ3n) is 7.05. The first-order valence-electron chi connectivity index (χ1n) is 11.4. The molecule has 0 bridgehead atoms. The number of rotatable bonds is 1. The molecule has 0 unspecified atom stereocenters. The zero-order valence-electron chi connectivity index (χ0n) is 18.9. The van der Waals surface area contributed by atoms with Crippen LogP contribution in [0.15, 0.2) is 40.8 Å². The van der Waals surface area contributed by atoms with Crippen LogP contribution in [-0.4, -0.2) is 11.6 Å². The third kappa shape index (κ3) is 2.38. The first kappa shape index (κ1) is 15.0. The lowest BCUT2D eigenvalue weighted by Crippen LogP contribution is -2.44. The number of hydrogen-bond acceptors (Lipinski definition) is 2. The summed E-state index contributed by atoms with van der Waals surface area (Å²) < 4.78 is 25.0. The topological polar surface area (TPSA) is 16.4 Å². The molecule has 1 spiro atoms. The Morgan fingerprint density at radius 1 is 1.04 bits per heavy atom. The fourth-order valence-electron chi connectivity index (χ4n) is 5.88. The standard InChI is InChI=1S/C25H31NO/c1-17-12-13-20-19-10-6-7-11-21(19)27-23(20)22(17)26-18(2)25(16-24(26,3)4)14-8-5-9-15-25/h6-7,10-13,18H,5,8-9,14-16H2,1-4H3/t18-/m0/s1/i16D2. The van der Waals surface area contributed by atoms with Gasteiger partial charge in [0.1, 0.15) is 5.58 Å². The van der Waals surface area contributed by atoms with Crippen LogP contribution in [0.2, 0.25) is 0 Å². The van der Waals surface area contributed by atoms with Crippen LogP contribution in [0.3, 0.4) is 0 Å². The molecular weight excluding hydrogens is 330 g/mol. The van der Waals surface area contributed by atoms with E-state index in [0.717, 1.165) is 58.9 Å². The first-order chi connectivity index (χ1) is 13.7. The predicted molar refractivity (Wildman–Crippen MR) is 115 cm³/mol. The zero-order chi connectivity index (χ0) is 20.6. The maximum absolute atomic E-state index is 9.32. The number of aryl methyl sites for hydroxylation is 1. The van der Waals surface area contributed by atoms with E-state index in [1.54, 1.807) is 0 Å². The molecule has 0 N–H and O–H groups in total. The Kier molecular flexibility index (Phi) is 3.21. The largest absolute Gasteiger partial charge is 0.454 e. The highest BCUT2D eigenvalue weighted by Crippen LogP contribution is 2.57. The van der Waals surface area contributed by atoms with Gasteiger partial charge in [-0.2, -0.15) is 0 Å². The maximum Gasteiger partial charge on any atom is 0.158 e. The molecule has 0 radical (unpaired) electrons. The minimum atomic E-state index is -1.28. The molecule has 2 heterocycles. The number of furan rings is 1. The Labute approximate surface area is 165 Å². The average Bonchev–Trinajstić information content (AvgIpc) is 3.12. The van der Waals surface area contributed by atoms with Crippen LogP contribution >= 0.6 is 0 Å². The van der Waals surface area contributed by atoms with Crippen LogP contribution in [0, 0.1) is 12.3 Å². The van der Waals surface area contributed by atoms with Gasteiger partial charge in [-0.15, -0.1) is 0 Å². The van der Waals surface area contributed by atoms with Crippen LogP contribution in [0.5, 0.6) is 0 Å². The van der Waals surface area contributed by atoms with Gasteiger partial charge < -0.3 is 9.32 Å². The lowest BCUT2D eigenvalue weighted by molar-refractivity contribution is 0.170. The van der Waals surface area contributed by atoms with E-state index in [0.29, 0.717) is 0 Å². The van der Waals surface area contributed by atoms with Crippen LogP contribution in [0.1, 0.15) is 67.6 Å². The molecule has 1 aromatic heterocycles. The molecule has 2 aliphatic rings. The Morgan fingerprint density at radius 3 is 2.56 bits per heavy atom. The molecule has 1 saturated heterocycles. The number of nitrogens with zero attached hydrogens (tertiary/aromatic N) is 1. The molecule has 5 rings (SSSR count). The highest BCUT2D eigenvalue weighted by Gasteiger charge is 2.54. The van der Waals surface area contributed by atoms with Gasteiger partial charge in [-0.3, -0.25) is 0 Å². The summed E-state index contributed by atoms with van der Waals surface area (Å²) in [6.07, 6.45) is 4.14. The van der Waals surface area contributed by atoms with E-state index in [2.05, 4.69) is 56.9 Å². The van der Waals surface area contributed by atoms with Crippen molar-refractivity contribution in [1.82, 2.24) is 0 Å². The second-order valence-corrected chi connectivity index (χ2v) is 9.15. The second-order valence-electron chi connectivity index (χ2n) is 9.15. The Hall–Kier alpha value is -1.96. The SMILES string of the molecule is [2H]C1([2H])C2(CCCCC2)[C@H](C)N(c2c(C)ccc3c2oc2ccccc23)C1(C)C. The van der Waals surface area contributed by atoms with Gasteiger partial charge in [-0.1, -0.05) is 49.6 Å². The van der Waals surface area contributed by atoms with Gasteiger partial charge in [0, 0.05) is 25.1 Å². The van der Waals surface area contributed by atoms with E-state index in [-0.39, 0.29) is 11.5 Å². The summed E-state index contributed by atoms with van der Waals surface area (Å²) in [5.74, 6) is 0. The number of benzene rings is 2. The molecule has 2 aromatic carbocycles. The highest BCUT2D eigenvalue weighted by atomic mass is 16.3. The van der Waals surface area contributed by atoms with Crippen molar-refractivity contribution in [2.75, 3.05) is 4.90 Å².